The van der Waals surface area contributed by atoms with Gasteiger partial charge in [-0.1, -0.05) is 23.8 Å². The molecule has 1 aliphatic carbocycles. The normalized spacial score (nSPS) is 13.7. The molecule has 106 valence electrons. The van der Waals surface area contributed by atoms with Crippen molar-refractivity contribution in [1.29, 1.82) is 0 Å². The second kappa shape index (κ2) is 6.75. The van der Waals surface area contributed by atoms with Crippen molar-refractivity contribution in [2.24, 2.45) is 0 Å². The number of rotatable bonds is 5. The fourth-order valence-corrected chi connectivity index (χ4v) is 2.25. The zero-order chi connectivity index (χ0) is 14.4. The van der Waals surface area contributed by atoms with Gasteiger partial charge in [-0.25, -0.2) is 9.59 Å². The Morgan fingerprint density at radius 3 is 2.75 bits per heavy atom. The minimum absolute atomic E-state index is 0.0844. The van der Waals surface area contributed by atoms with Gasteiger partial charge in [0.15, 0.2) is 0 Å². The maximum atomic E-state index is 11.7. The summed E-state index contributed by atoms with van der Waals surface area (Å²) in [5.74, 6) is -1.06. The maximum absolute atomic E-state index is 11.7. The molecule has 0 fully saturated rings. The predicted octanol–water partition coefficient (Wildman–Crippen LogP) is 3.01. The number of aromatic carboxylic acids is 1. The SMILES string of the molecule is O=C(NCCC1=CCCC1)Nc1ccccc1C(=O)O. The highest BCUT2D eigenvalue weighted by atomic mass is 16.4. The summed E-state index contributed by atoms with van der Waals surface area (Å²) in [6.07, 6.45) is 6.53. The molecule has 3 N–H and O–H groups in total. The third kappa shape index (κ3) is 3.85. The summed E-state index contributed by atoms with van der Waals surface area (Å²) < 4.78 is 0. The van der Waals surface area contributed by atoms with Crippen LogP contribution in [0.25, 0.3) is 0 Å². The number of nitrogens with one attached hydrogen (secondary N) is 2. The van der Waals surface area contributed by atoms with Crippen molar-refractivity contribution in [2.45, 2.75) is 25.7 Å². The lowest BCUT2D eigenvalue weighted by molar-refractivity contribution is 0.0698. The molecule has 1 aromatic rings. The van der Waals surface area contributed by atoms with Crippen LogP contribution in [0.4, 0.5) is 10.5 Å². The third-order valence-electron chi connectivity index (χ3n) is 3.27. The smallest absolute Gasteiger partial charge is 0.337 e. The van der Waals surface area contributed by atoms with E-state index in [-0.39, 0.29) is 11.6 Å². The quantitative estimate of drug-likeness (QED) is 0.722. The van der Waals surface area contributed by atoms with Gasteiger partial charge in [0, 0.05) is 6.54 Å². The molecule has 0 saturated carbocycles. The number of benzene rings is 1. The van der Waals surface area contributed by atoms with Crippen molar-refractivity contribution < 1.29 is 14.7 Å². The number of allylic oxidation sites excluding steroid dienone is 1. The molecule has 2 amide bonds. The molecule has 0 aliphatic heterocycles. The summed E-state index contributed by atoms with van der Waals surface area (Å²) in [6.45, 7) is 0.562. The van der Waals surface area contributed by atoms with Gasteiger partial charge in [0.05, 0.1) is 11.3 Å². The van der Waals surface area contributed by atoms with Gasteiger partial charge in [0.25, 0.3) is 0 Å². The van der Waals surface area contributed by atoms with E-state index in [0.717, 1.165) is 19.3 Å². The molecular formula is C15H18N2O3. The number of hydrogen-bond acceptors (Lipinski definition) is 2. The van der Waals surface area contributed by atoms with E-state index < -0.39 is 5.97 Å². The number of carboxylic acids is 1. The second-order valence-corrected chi connectivity index (χ2v) is 4.74. The third-order valence-corrected chi connectivity index (χ3v) is 3.27. The van der Waals surface area contributed by atoms with Gasteiger partial charge in [-0.05, 0) is 37.8 Å². The monoisotopic (exact) mass is 274 g/mol. The largest absolute Gasteiger partial charge is 0.478 e. The first-order valence-corrected chi connectivity index (χ1v) is 6.72. The molecule has 0 aromatic heterocycles. The van der Waals surface area contributed by atoms with Crippen molar-refractivity contribution in [3.8, 4) is 0 Å². The lowest BCUT2D eigenvalue weighted by Crippen LogP contribution is -2.30. The van der Waals surface area contributed by atoms with Gasteiger partial charge in [-0.2, -0.15) is 0 Å². The predicted molar refractivity (Wildman–Crippen MR) is 77.0 cm³/mol. The van der Waals surface area contributed by atoms with Crippen molar-refractivity contribution in [3.63, 3.8) is 0 Å². The Morgan fingerprint density at radius 1 is 1.25 bits per heavy atom. The Labute approximate surface area is 117 Å². The number of amides is 2. The van der Waals surface area contributed by atoms with Gasteiger partial charge in [0.2, 0.25) is 0 Å². The highest BCUT2D eigenvalue weighted by Crippen LogP contribution is 2.19. The zero-order valence-electron chi connectivity index (χ0n) is 11.2. The van der Waals surface area contributed by atoms with E-state index in [1.54, 1.807) is 18.2 Å². The van der Waals surface area contributed by atoms with Crippen molar-refractivity contribution >= 4 is 17.7 Å². The molecule has 1 aliphatic rings. The van der Waals surface area contributed by atoms with Crippen LogP contribution in [0.2, 0.25) is 0 Å². The van der Waals surface area contributed by atoms with Gasteiger partial charge in [0.1, 0.15) is 0 Å². The van der Waals surface area contributed by atoms with Crippen LogP contribution in [0.15, 0.2) is 35.9 Å². The number of hydrogen-bond donors (Lipinski definition) is 3. The van der Waals surface area contributed by atoms with E-state index in [4.69, 9.17) is 5.11 Å². The number of anilines is 1. The summed E-state index contributed by atoms with van der Waals surface area (Å²) in [6, 6.07) is 5.96. The van der Waals surface area contributed by atoms with Crippen LogP contribution in [0.5, 0.6) is 0 Å². The minimum Gasteiger partial charge on any atom is -0.478 e. The first-order chi connectivity index (χ1) is 9.66. The van der Waals surface area contributed by atoms with E-state index in [0.29, 0.717) is 12.2 Å². The Bertz CT molecular complexity index is 538. The van der Waals surface area contributed by atoms with E-state index in [9.17, 15) is 9.59 Å². The standard InChI is InChI=1S/C15H18N2O3/c18-14(19)12-7-3-4-8-13(12)17-15(20)16-10-9-11-5-1-2-6-11/h3-5,7-8H,1-2,6,9-10H2,(H,18,19)(H2,16,17,20). The van der Waals surface area contributed by atoms with Crippen molar-refractivity contribution in [3.05, 3.63) is 41.5 Å². The van der Waals surface area contributed by atoms with Crippen LogP contribution >= 0.6 is 0 Å². The number of carbonyl (C=O) groups is 2. The van der Waals surface area contributed by atoms with E-state index in [1.807, 2.05) is 0 Å². The molecule has 0 heterocycles. The van der Waals surface area contributed by atoms with Gasteiger partial charge < -0.3 is 15.7 Å². The van der Waals surface area contributed by atoms with Crippen LogP contribution in [-0.2, 0) is 0 Å². The first kappa shape index (κ1) is 14.1. The molecule has 20 heavy (non-hydrogen) atoms. The molecule has 0 bridgehead atoms. The summed E-state index contributed by atoms with van der Waals surface area (Å²) in [4.78, 5) is 22.7. The zero-order valence-corrected chi connectivity index (χ0v) is 11.2. The van der Waals surface area contributed by atoms with Crippen LogP contribution in [0.3, 0.4) is 0 Å². The number of carbonyl (C=O) groups excluding carboxylic acids is 1. The molecule has 0 atom stereocenters. The lowest BCUT2D eigenvalue weighted by Gasteiger charge is -2.10. The Morgan fingerprint density at radius 2 is 2.05 bits per heavy atom. The van der Waals surface area contributed by atoms with Gasteiger partial charge >= 0.3 is 12.0 Å². The molecule has 5 nitrogen and oxygen atoms in total. The Balaban J connectivity index is 1.83. The summed E-state index contributed by atoms with van der Waals surface area (Å²) in [5.41, 5.74) is 1.77. The average molecular weight is 274 g/mol. The van der Waals surface area contributed by atoms with Gasteiger partial charge in [-0.3, -0.25) is 0 Å². The fourth-order valence-electron chi connectivity index (χ4n) is 2.25. The minimum atomic E-state index is -1.06. The number of carboxylic acid groups (broad SMARTS) is 1. The van der Waals surface area contributed by atoms with E-state index in [1.165, 1.54) is 18.1 Å². The first-order valence-electron chi connectivity index (χ1n) is 6.72. The molecule has 0 radical (unpaired) electrons. The summed E-state index contributed by atoms with van der Waals surface area (Å²) >= 11 is 0. The number of urea groups is 1. The Hall–Kier alpha value is -2.30. The molecule has 5 heteroatoms. The maximum Gasteiger partial charge on any atom is 0.337 e. The van der Waals surface area contributed by atoms with Crippen molar-refractivity contribution in [1.82, 2.24) is 5.32 Å². The molecule has 0 saturated heterocycles. The van der Waals surface area contributed by atoms with E-state index >= 15 is 0 Å². The molecule has 2 rings (SSSR count). The topological polar surface area (TPSA) is 78.4 Å². The van der Waals surface area contributed by atoms with Crippen LogP contribution < -0.4 is 10.6 Å². The van der Waals surface area contributed by atoms with Crippen LogP contribution in [0.1, 0.15) is 36.0 Å². The fraction of sp³-hybridized carbons (Fsp3) is 0.333. The highest BCUT2D eigenvalue weighted by Gasteiger charge is 2.11. The van der Waals surface area contributed by atoms with Crippen molar-refractivity contribution in [2.75, 3.05) is 11.9 Å². The summed E-state index contributed by atoms with van der Waals surface area (Å²) in [5, 5.41) is 14.3. The number of para-hydroxylation sites is 1. The molecule has 1 aromatic carbocycles. The van der Waals surface area contributed by atoms with Crippen LogP contribution in [-0.4, -0.2) is 23.7 Å². The molecule has 0 spiro atoms. The lowest BCUT2D eigenvalue weighted by atomic mass is 10.1. The Kier molecular flexibility index (Phi) is 4.76. The van der Waals surface area contributed by atoms with Gasteiger partial charge in [-0.15, -0.1) is 0 Å². The average Bonchev–Trinajstić information content (AvgIpc) is 2.92. The van der Waals surface area contributed by atoms with E-state index in [2.05, 4.69) is 16.7 Å². The molecular weight excluding hydrogens is 256 g/mol. The molecule has 0 unspecified atom stereocenters. The summed E-state index contributed by atoms with van der Waals surface area (Å²) in [7, 11) is 0. The second-order valence-electron chi connectivity index (χ2n) is 4.74. The van der Waals surface area contributed by atoms with Crippen LogP contribution in [0, 0.1) is 0 Å². The highest BCUT2D eigenvalue weighted by molar-refractivity contribution is 5.99.